The molecule has 0 fully saturated rings. The first kappa shape index (κ1) is 28.7. The highest BCUT2D eigenvalue weighted by Gasteiger charge is 2.38. The van der Waals surface area contributed by atoms with E-state index in [1.807, 2.05) is 12.1 Å². The average Bonchev–Trinajstić information content (AvgIpc) is 3.64. The molecule has 0 bridgehead atoms. The van der Waals surface area contributed by atoms with Gasteiger partial charge >= 0.3 is 0 Å². The van der Waals surface area contributed by atoms with Gasteiger partial charge in [-0.1, -0.05) is 141 Å². The van der Waals surface area contributed by atoms with Crippen LogP contribution in [0.1, 0.15) is 25.0 Å². The summed E-state index contributed by atoms with van der Waals surface area (Å²) in [6.07, 6.45) is 0. The van der Waals surface area contributed by atoms with Crippen molar-refractivity contribution in [1.29, 1.82) is 0 Å². The molecule has 9 aromatic rings. The Morgan fingerprint density at radius 2 is 1.14 bits per heavy atom. The molecular weight excluding hydrogens is 607 g/mol. The van der Waals surface area contributed by atoms with Gasteiger partial charge in [0.2, 0.25) is 0 Å². The molecule has 236 valence electrons. The Bertz CT molecular complexity index is 2700. The number of hydrogen-bond acceptors (Lipinski definition) is 2. The van der Waals surface area contributed by atoms with Gasteiger partial charge in [-0.25, -0.2) is 9.97 Å². The minimum Gasteiger partial charge on any atom is -0.309 e. The number of hydrogen-bond donors (Lipinski definition) is 0. The maximum Gasteiger partial charge on any atom is 0.160 e. The van der Waals surface area contributed by atoms with E-state index in [0.717, 1.165) is 33.8 Å². The predicted octanol–water partition coefficient (Wildman–Crippen LogP) is 12.0. The molecule has 0 unspecified atom stereocenters. The molecule has 1 aliphatic rings. The molecular formula is C47H33N3. The van der Waals surface area contributed by atoms with E-state index in [9.17, 15) is 0 Å². The van der Waals surface area contributed by atoms with E-state index in [1.54, 1.807) is 0 Å². The van der Waals surface area contributed by atoms with Crippen LogP contribution in [0.15, 0.2) is 164 Å². The number of benzene rings is 7. The first-order valence-electron chi connectivity index (χ1n) is 17.3. The van der Waals surface area contributed by atoms with Crippen molar-refractivity contribution >= 4 is 32.6 Å². The monoisotopic (exact) mass is 639 g/mol. The summed E-state index contributed by atoms with van der Waals surface area (Å²) in [7, 11) is 0. The molecule has 1 aliphatic carbocycles. The molecule has 3 heteroatoms. The Hall–Kier alpha value is -6.32. The van der Waals surface area contributed by atoms with Crippen LogP contribution < -0.4 is 0 Å². The Labute approximate surface area is 291 Å². The first-order chi connectivity index (χ1) is 24.6. The fourth-order valence-electron chi connectivity index (χ4n) is 8.25. The third-order valence-electron chi connectivity index (χ3n) is 10.6. The molecule has 0 aliphatic heterocycles. The molecule has 0 radical (unpaired) electrons. The third-order valence-corrected chi connectivity index (χ3v) is 10.6. The standard InChI is InChI=1S/C47H33N3/c1-47(2)39-20-12-11-19-36(39)37-26-27-38-43-35-18-10-9-13-30(35)23-28-42(43)50(45(38)44(37)47)34-24-21-33(22-25-34)46-48-40(31-14-5-3-6-15-31)29-41(49-46)32-16-7-4-8-17-32/h3-29H,1-2H3. The Balaban J connectivity index is 1.20. The second kappa shape index (κ2) is 10.8. The second-order valence-corrected chi connectivity index (χ2v) is 13.8. The molecule has 3 nitrogen and oxygen atoms in total. The summed E-state index contributed by atoms with van der Waals surface area (Å²) in [6, 6.07) is 58.5. The van der Waals surface area contributed by atoms with Gasteiger partial charge < -0.3 is 4.57 Å². The molecule has 0 atom stereocenters. The molecule has 0 saturated heterocycles. The normalized spacial score (nSPS) is 13.2. The molecule has 0 saturated carbocycles. The number of fused-ring (bicyclic) bond motifs is 9. The highest BCUT2D eigenvalue weighted by molar-refractivity contribution is 6.23. The zero-order chi connectivity index (χ0) is 33.4. The third kappa shape index (κ3) is 4.23. The Morgan fingerprint density at radius 3 is 1.86 bits per heavy atom. The van der Waals surface area contributed by atoms with Crippen molar-refractivity contribution in [2.45, 2.75) is 19.3 Å². The maximum absolute atomic E-state index is 5.10. The van der Waals surface area contributed by atoms with E-state index in [2.05, 4.69) is 170 Å². The lowest BCUT2D eigenvalue weighted by Crippen LogP contribution is -2.16. The zero-order valence-corrected chi connectivity index (χ0v) is 27.9. The number of aromatic nitrogens is 3. The van der Waals surface area contributed by atoms with E-state index >= 15 is 0 Å². The summed E-state index contributed by atoms with van der Waals surface area (Å²) in [6.45, 7) is 4.75. The van der Waals surface area contributed by atoms with Gasteiger partial charge in [0.15, 0.2) is 5.82 Å². The van der Waals surface area contributed by atoms with Gasteiger partial charge in [0, 0.05) is 38.6 Å². The van der Waals surface area contributed by atoms with Crippen molar-refractivity contribution in [2.24, 2.45) is 0 Å². The lowest BCUT2D eigenvalue weighted by atomic mass is 9.81. The van der Waals surface area contributed by atoms with Crippen LogP contribution in [-0.2, 0) is 5.41 Å². The minimum atomic E-state index is -0.160. The van der Waals surface area contributed by atoms with E-state index in [1.165, 1.54) is 54.8 Å². The lowest BCUT2D eigenvalue weighted by Gasteiger charge is -2.23. The lowest BCUT2D eigenvalue weighted by molar-refractivity contribution is 0.664. The van der Waals surface area contributed by atoms with Gasteiger partial charge in [0.05, 0.1) is 22.4 Å². The molecule has 10 rings (SSSR count). The van der Waals surface area contributed by atoms with Gasteiger partial charge in [-0.05, 0) is 69.4 Å². The predicted molar refractivity (Wildman–Crippen MR) is 208 cm³/mol. The summed E-state index contributed by atoms with van der Waals surface area (Å²) in [4.78, 5) is 10.2. The van der Waals surface area contributed by atoms with Crippen LogP contribution in [0.4, 0.5) is 0 Å². The van der Waals surface area contributed by atoms with E-state index in [-0.39, 0.29) is 5.41 Å². The highest BCUT2D eigenvalue weighted by atomic mass is 15.0. The summed E-state index contributed by atoms with van der Waals surface area (Å²) in [5.41, 5.74) is 13.8. The second-order valence-electron chi connectivity index (χ2n) is 13.8. The summed E-state index contributed by atoms with van der Waals surface area (Å²) >= 11 is 0. The molecule has 2 aromatic heterocycles. The Kier molecular flexibility index (Phi) is 6.22. The molecule has 50 heavy (non-hydrogen) atoms. The zero-order valence-electron chi connectivity index (χ0n) is 27.9. The van der Waals surface area contributed by atoms with Crippen molar-refractivity contribution in [1.82, 2.24) is 14.5 Å². The van der Waals surface area contributed by atoms with Crippen LogP contribution in [0.25, 0.3) is 83.3 Å². The summed E-state index contributed by atoms with van der Waals surface area (Å²) in [5.74, 6) is 0.711. The SMILES string of the molecule is CC1(C)c2ccccc2-c2ccc3c4c5ccccc5ccc4n(-c4ccc(-c5nc(-c6ccccc6)cc(-c6ccccc6)n5)cc4)c3c21. The van der Waals surface area contributed by atoms with Crippen LogP contribution in [0.3, 0.4) is 0 Å². The topological polar surface area (TPSA) is 30.7 Å². The van der Waals surface area contributed by atoms with Crippen LogP contribution in [0, 0.1) is 0 Å². The first-order valence-corrected chi connectivity index (χ1v) is 17.3. The minimum absolute atomic E-state index is 0.160. The van der Waals surface area contributed by atoms with Gasteiger partial charge in [-0.15, -0.1) is 0 Å². The quantitative estimate of drug-likeness (QED) is 0.192. The van der Waals surface area contributed by atoms with Crippen LogP contribution >= 0.6 is 0 Å². The van der Waals surface area contributed by atoms with E-state index in [0.29, 0.717) is 5.82 Å². The maximum atomic E-state index is 5.10. The molecule has 0 spiro atoms. The van der Waals surface area contributed by atoms with Crippen LogP contribution in [0.5, 0.6) is 0 Å². The molecule has 0 amide bonds. The van der Waals surface area contributed by atoms with Crippen molar-refractivity contribution < 1.29 is 0 Å². The molecule has 0 N–H and O–H groups in total. The van der Waals surface area contributed by atoms with Crippen molar-refractivity contribution in [3.8, 4) is 50.7 Å². The average molecular weight is 640 g/mol. The van der Waals surface area contributed by atoms with Gasteiger partial charge in [-0.2, -0.15) is 0 Å². The van der Waals surface area contributed by atoms with Crippen LogP contribution in [0.2, 0.25) is 0 Å². The van der Waals surface area contributed by atoms with E-state index in [4.69, 9.17) is 9.97 Å². The number of rotatable bonds is 4. The largest absolute Gasteiger partial charge is 0.309 e. The van der Waals surface area contributed by atoms with Crippen molar-refractivity contribution in [3.63, 3.8) is 0 Å². The number of nitrogens with zero attached hydrogens (tertiary/aromatic N) is 3. The van der Waals surface area contributed by atoms with Crippen LogP contribution in [-0.4, -0.2) is 14.5 Å². The Morgan fingerprint density at radius 1 is 0.500 bits per heavy atom. The van der Waals surface area contributed by atoms with Gasteiger partial charge in [0.25, 0.3) is 0 Å². The fourth-order valence-corrected chi connectivity index (χ4v) is 8.25. The van der Waals surface area contributed by atoms with Gasteiger partial charge in [0.1, 0.15) is 0 Å². The smallest absolute Gasteiger partial charge is 0.160 e. The molecule has 7 aromatic carbocycles. The highest BCUT2D eigenvalue weighted by Crippen LogP contribution is 2.53. The van der Waals surface area contributed by atoms with Gasteiger partial charge in [-0.3, -0.25) is 0 Å². The van der Waals surface area contributed by atoms with E-state index < -0.39 is 0 Å². The van der Waals surface area contributed by atoms with Crippen molar-refractivity contribution in [2.75, 3.05) is 0 Å². The summed E-state index contributed by atoms with van der Waals surface area (Å²) in [5, 5.41) is 5.11. The fraction of sp³-hybridized carbons (Fsp3) is 0.0638. The van der Waals surface area contributed by atoms with Crippen molar-refractivity contribution in [3.05, 3.63) is 175 Å². The summed E-state index contributed by atoms with van der Waals surface area (Å²) < 4.78 is 2.49. The molecule has 2 heterocycles.